The number of aliphatic imine (C=N–C) groups is 1. The van der Waals surface area contributed by atoms with Crippen LogP contribution in [-0.2, 0) is 13.0 Å². The van der Waals surface area contributed by atoms with Crippen LogP contribution < -0.4 is 15.5 Å². The highest BCUT2D eigenvalue weighted by atomic mass is 15.3. The predicted octanol–water partition coefficient (Wildman–Crippen LogP) is 1.67. The van der Waals surface area contributed by atoms with Crippen LogP contribution in [0.2, 0.25) is 0 Å². The number of rotatable bonds is 6. The molecule has 2 aromatic rings. The second-order valence-electron chi connectivity index (χ2n) is 6.56. The summed E-state index contributed by atoms with van der Waals surface area (Å²) in [6.07, 6.45) is 5.03. The molecule has 1 unspecified atom stereocenters. The lowest BCUT2D eigenvalue weighted by Gasteiger charge is -2.35. The van der Waals surface area contributed by atoms with Crippen molar-refractivity contribution in [3.8, 4) is 0 Å². The van der Waals surface area contributed by atoms with Gasteiger partial charge in [-0.2, -0.15) is 0 Å². The molecule has 1 aromatic heterocycles. The lowest BCUT2D eigenvalue weighted by atomic mass is 10.1. The summed E-state index contributed by atoms with van der Waals surface area (Å²) < 4.78 is 2.08. The quantitative estimate of drug-likeness (QED) is 0.609. The summed E-state index contributed by atoms with van der Waals surface area (Å²) in [5, 5.41) is 15.1. The molecule has 0 amide bonds. The highest BCUT2D eigenvalue weighted by molar-refractivity contribution is 5.80. The molecule has 1 aromatic carbocycles. The molecule has 0 aliphatic carbocycles. The molecular weight excluding hydrogens is 326 g/mol. The minimum Gasteiger partial charge on any atom is -0.369 e. The normalized spacial score (nSPS) is 18.0. The molecule has 3 rings (SSSR count). The molecule has 0 bridgehead atoms. The van der Waals surface area contributed by atoms with E-state index in [1.54, 1.807) is 6.33 Å². The molecule has 2 N–H and O–H groups in total. The molecular formula is C19H29N7. The Morgan fingerprint density at radius 1 is 1.31 bits per heavy atom. The summed E-state index contributed by atoms with van der Waals surface area (Å²) >= 11 is 0. The maximum Gasteiger partial charge on any atom is 0.191 e. The van der Waals surface area contributed by atoms with Gasteiger partial charge in [0.15, 0.2) is 5.96 Å². The fourth-order valence-electron chi connectivity index (χ4n) is 3.39. The van der Waals surface area contributed by atoms with Crippen LogP contribution in [0, 0.1) is 0 Å². The summed E-state index contributed by atoms with van der Waals surface area (Å²) in [6.45, 7) is 5.82. The van der Waals surface area contributed by atoms with Crippen molar-refractivity contribution in [2.75, 3.05) is 31.6 Å². The number of hydrogen-bond donors (Lipinski definition) is 2. The van der Waals surface area contributed by atoms with Crippen LogP contribution in [-0.4, -0.2) is 53.4 Å². The van der Waals surface area contributed by atoms with E-state index in [-0.39, 0.29) is 0 Å². The molecule has 2 heterocycles. The van der Waals surface area contributed by atoms with Gasteiger partial charge in [0.1, 0.15) is 12.2 Å². The maximum atomic E-state index is 4.38. The standard InChI is InChI=1S/C19H29N7/c1-3-18-24-22-15-26(18)13-11-21-19(20-2)23-16-8-7-12-25(14-16)17-9-5-4-6-10-17/h4-6,9-10,15-16H,3,7-8,11-14H2,1-2H3,(H2,20,21,23). The van der Waals surface area contributed by atoms with Gasteiger partial charge >= 0.3 is 0 Å². The molecule has 1 aliphatic heterocycles. The molecule has 0 saturated carbocycles. The van der Waals surface area contributed by atoms with Crippen molar-refractivity contribution in [3.05, 3.63) is 42.5 Å². The van der Waals surface area contributed by atoms with Crippen LogP contribution >= 0.6 is 0 Å². The van der Waals surface area contributed by atoms with E-state index < -0.39 is 0 Å². The van der Waals surface area contributed by atoms with Crippen LogP contribution in [0.3, 0.4) is 0 Å². The van der Waals surface area contributed by atoms with Crippen LogP contribution in [0.4, 0.5) is 5.69 Å². The molecule has 140 valence electrons. The van der Waals surface area contributed by atoms with E-state index >= 15 is 0 Å². The number of guanidine groups is 1. The van der Waals surface area contributed by atoms with Crippen LogP contribution in [0.15, 0.2) is 41.7 Å². The Morgan fingerprint density at radius 2 is 2.15 bits per heavy atom. The van der Waals surface area contributed by atoms with E-state index in [2.05, 4.69) is 72.5 Å². The Hall–Kier alpha value is -2.57. The third-order valence-corrected chi connectivity index (χ3v) is 4.76. The first-order valence-electron chi connectivity index (χ1n) is 9.44. The lowest BCUT2D eigenvalue weighted by molar-refractivity contribution is 0.467. The number of nitrogens with zero attached hydrogens (tertiary/aromatic N) is 5. The summed E-state index contributed by atoms with van der Waals surface area (Å²) in [6, 6.07) is 11.0. The fraction of sp³-hybridized carbons (Fsp3) is 0.526. The van der Waals surface area contributed by atoms with Gasteiger partial charge in [-0.1, -0.05) is 25.1 Å². The summed E-state index contributed by atoms with van der Waals surface area (Å²) in [5.74, 6) is 1.87. The monoisotopic (exact) mass is 355 g/mol. The van der Waals surface area contributed by atoms with Crippen LogP contribution in [0.5, 0.6) is 0 Å². The van der Waals surface area contributed by atoms with Gasteiger partial charge in [-0.15, -0.1) is 10.2 Å². The van der Waals surface area contributed by atoms with Gasteiger partial charge in [-0.25, -0.2) is 0 Å². The molecule has 1 aliphatic rings. The Balaban J connectivity index is 1.48. The number of para-hydroxylation sites is 1. The van der Waals surface area contributed by atoms with E-state index in [4.69, 9.17) is 0 Å². The molecule has 1 saturated heterocycles. The first-order chi connectivity index (χ1) is 12.8. The Labute approximate surface area is 155 Å². The van der Waals surface area contributed by atoms with E-state index in [9.17, 15) is 0 Å². The van der Waals surface area contributed by atoms with Gasteiger partial charge < -0.3 is 20.1 Å². The Morgan fingerprint density at radius 3 is 2.92 bits per heavy atom. The van der Waals surface area contributed by atoms with Crippen molar-refractivity contribution < 1.29 is 0 Å². The maximum absolute atomic E-state index is 4.38. The van der Waals surface area contributed by atoms with Gasteiger partial charge in [0.05, 0.1) is 0 Å². The Kier molecular flexibility index (Phi) is 6.46. The van der Waals surface area contributed by atoms with E-state index in [1.165, 1.54) is 12.1 Å². The molecule has 7 nitrogen and oxygen atoms in total. The minimum absolute atomic E-state index is 0.399. The third kappa shape index (κ3) is 4.74. The summed E-state index contributed by atoms with van der Waals surface area (Å²) in [4.78, 5) is 6.82. The largest absolute Gasteiger partial charge is 0.369 e. The smallest absolute Gasteiger partial charge is 0.191 e. The zero-order chi connectivity index (χ0) is 18.2. The van der Waals surface area contributed by atoms with Gasteiger partial charge in [0, 0.05) is 51.4 Å². The van der Waals surface area contributed by atoms with Crippen molar-refractivity contribution in [2.24, 2.45) is 4.99 Å². The van der Waals surface area contributed by atoms with Crippen LogP contribution in [0.1, 0.15) is 25.6 Å². The van der Waals surface area contributed by atoms with E-state index in [0.717, 1.165) is 50.8 Å². The SMILES string of the molecule is CCc1nncn1CCNC(=NC)NC1CCCN(c2ccccc2)C1. The number of nitrogens with one attached hydrogen (secondary N) is 2. The molecule has 0 radical (unpaired) electrons. The second kappa shape index (κ2) is 9.22. The number of anilines is 1. The number of piperidine rings is 1. The predicted molar refractivity (Wildman–Crippen MR) is 106 cm³/mol. The van der Waals surface area contributed by atoms with Crippen molar-refractivity contribution in [3.63, 3.8) is 0 Å². The fourth-order valence-corrected chi connectivity index (χ4v) is 3.39. The van der Waals surface area contributed by atoms with Gasteiger partial charge in [-0.3, -0.25) is 4.99 Å². The Bertz CT molecular complexity index is 695. The molecule has 0 spiro atoms. The second-order valence-corrected chi connectivity index (χ2v) is 6.56. The number of aryl methyl sites for hydroxylation is 1. The van der Waals surface area contributed by atoms with Crippen molar-refractivity contribution >= 4 is 11.6 Å². The van der Waals surface area contributed by atoms with Crippen molar-refractivity contribution in [1.82, 2.24) is 25.4 Å². The first-order valence-corrected chi connectivity index (χ1v) is 9.44. The average Bonchev–Trinajstić information content (AvgIpc) is 3.15. The van der Waals surface area contributed by atoms with Crippen molar-refractivity contribution in [2.45, 2.75) is 38.8 Å². The number of benzene rings is 1. The van der Waals surface area contributed by atoms with E-state index in [0.29, 0.717) is 6.04 Å². The zero-order valence-corrected chi connectivity index (χ0v) is 15.7. The van der Waals surface area contributed by atoms with Gasteiger partial charge in [0.25, 0.3) is 0 Å². The van der Waals surface area contributed by atoms with Crippen molar-refractivity contribution in [1.29, 1.82) is 0 Å². The van der Waals surface area contributed by atoms with E-state index in [1.807, 2.05) is 7.05 Å². The lowest BCUT2D eigenvalue weighted by Crippen LogP contribution is -2.51. The topological polar surface area (TPSA) is 70.4 Å². The number of hydrogen-bond acceptors (Lipinski definition) is 4. The van der Waals surface area contributed by atoms with Gasteiger partial charge in [-0.05, 0) is 25.0 Å². The number of aromatic nitrogens is 3. The average molecular weight is 355 g/mol. The van der Waals surface area contributed by atoms with Crippen LogP contribution in [0.25, 0.3) is 0 Å². The summed E-state index contributed by atoms with van der Waals surface area (Å²) in [5.41, 5.74) is 1.29. The summed E-state index contributed by atoms with van der Waals surface area (Å²) in [7, 11) is 1.82. The molecule has 1 fully saturated rings. The molecule has 26 heavy (non-hydrogen) atoms. The minimum atomic E-state index is 0.399. The highest BCUT2D eigenvalue weighted by Gasteiger charge is 2.20. The highest BCUT2D eigenvalue weighted by Crippen LogP contribution is 2.19. The molecule has 7 heteroatoms. The zero-order valence-electron chi connectivity index (χ0n) is 15.7. The van der Waals surface area contributed by atoms with Gasteiger partial charge in [0.2, 0.25) is 0 Å². The first kappa shape index (κ1) is 18.2. The molecule has 1 atom stereocenters. The third-order valence-electron chi connectivity index (χ3n) is 4.76.